The van der Waals surface area contributed by atoms with Gasteiger partial charge in [0, 0.05) is 13.1 Å². The normalized spacial score (nSPS) is 16.6. The molecule has 0 unspecified atom stereocenters. The maximum atomic E-state index is 4.99. The van der Waals surface area contributed by atoms with Crippen molar-refractivity contribution in [2.75, 3.05) is 32.7 Å². The van der Waals surface area contributed by atoms with Gasteiger partial charge in [-0.05, 0) is 12.8 Å². The largest absolute Gasteiger partial charge is 0.467 e. The summed E-state index contributed by atoms with van der Waals surface area (Å²) in [4.78, 5) is 12.2. The molecule has 1 fully saturated rings. The minimum Gasteiger partial charge on any atom is -0.467 e. The molecule has 7 heteroatoms. The van der Waals surface area contributed by atoms with Crippen LogP contribution in [-0.2, 0) is 0 Å². The summed E-state index contributed by atoms with van der Waals surface area (Å²) in [6.07, 6.45) is 3.65. The van der Waals surface area contributed by atoms with Crippen LogP contribution in [0.1, 0.15) is 19.3 Å². The Balaban J connectivity index is 2.07. The fourth-order valence-electron chi connectivity index (χ4n) is 1.72. The van der Waals surface area contributed by atoms with E-state index in [1.165, 1.54) is 33.5 Å². The van der Waals surface area contributed by atoms with Crippen molar-refractivity contribution in [3.8, 4) is 12.0 Å². The third-order valence-electron chi connectivity index (χ3n) is 2.57. The molecule has 0 aromatic carbocycles. The van der Waals surface area contributed by atoms with Crippen molar-refractivity contribution in [1.29, 1.82) is 0 Å². The second kappa shape index (κ2) is 5.62. The first-order chi connectivity index (χ1) is 8.31. The van der Waals surface area contributed by atoms with E-state index in [9.17, 15) is 0 Å². The molecule has 7 nitrogen and oxygen atoms in total. The van der Waals surface area contributed by atoms with Gasteiger partial charge in [0.15, 0.2) is 0 Å². The molecule has 1 aliphatic heterocycles. The van der Waals surface area contributed by atoms with Crippen LogP contribution in [0.15, 0.2) is 0 Å². The van der Waals surface area contributed by atoms with E-state index in [4.69, 9.17) is 9.47 Å². The molecule has 1 saturated heterocycles. The van der Waals surface area contributed by atoms with Crippen LogP contribution in [0, 0.1) is 0 Å². The molecule has 2 heterocycles. The topological polar surface area (TPSA) is 72.4 Å². The van der Waals surface area contributed by atoms with Crippen molar-refractivity contribution < 1.29 is 9.47 Å². The molecule has 0 amide bonds. The molecule has 0 spiro atoms. The standard InChI is InChI=1S/C10H17N5O2/c1-16-9-11-8(12-10(13-9)17-2)14-15-6-4-3-5-7-15/h3-7H2,1-2H3,(H,11,12,13,14). The molecule has 0 radical (unpaired) electrons. The third kappa shape index (κ3) is 3.16. The van der Waals surface area contributed by atoms with Gasteiger partial charge in [0.2, 0.25) is 5.95 Å². The minimum atomic E-state index is 0.247. The number of methoxy groups -OCH3 is 2. The van der Waals surface area contributed by atoms with E-state index in [-0.39, 0.29) is 12.0 Å². The zero-order chi connectivity index (χ0) is 12.1. The molecule has 1 aliphatic rings. The molecule has 94 valence electrons. The predicted octanol–water partition coefficient (Wildman–Crippen LogP) is 0.702. The van der Waals surface area contributed by atoms with Crippen LogP contribution in [0.25, 0.3) is 0 Å². The summed E-state index contributed by atoms with van der Waals surface area (Å²) >= 11 is 0. The minimum absolute atomic E-state index is 0.247. The Morgan fingerprint density at radius 1 is 0.941 bits per heavy atom. The highest BCUT2D eigenvalue weighted by atomic mass is 16.5. The van der Waals surface area contributed by atoms with E-state index in [0.717, 1.165) is 13.1 Å². The Labute approximate surface area is 100 Å². The highest BCUT2D eigenvalue weighted by Crippen LogP contribution is 2.14. The van der Waals surface area contributed by atoms with Crippen molar-refractivity contribution >= 4 is 5.95 Å². The van der Waals surface area contributed by atoms with Crippen LogP contribution >= 0.6 is 0 Å². The van der Waals surface area contributed by atoms with E-state index in [1.807, 2.05) is 0 Å². The number of hydrogen-bond donors (Lipinski definition) is 1. The average Bonchev–Trinajstić information content (AvgIpc) is 2.39. The van der Waals surface area contributed by atoms with E-state index in [1.54, 1.807) is 0 Å². The highest BCUT2D eigenvalue weighted by molar-refractivity contribution is 5.26. The monoisotopic (exact) mass is 239 g/mol. The second-order valence-corrected chi connectivity index (χ2v) is 3.79. The second-order valence-electron chi connectivity index (χ2n) is 3.79. The Morgan fingerprint density at radius 2 is 1.53 bits per heavy atom. The van der Waals surface area contributed by atoms with E-state index in [0.29, 0.717) is 5.95 Å². The molecule has 1 N–H and O–H groups in total. The lowest BCUT2D eigenvalue weighted by Gasteiger charge is -2.26. The van der Waals surface area contributed by atoms with Crippen LogP contribution in [-0.4, -0.2) is 47.3 Å². The third-order valence-corrected chi connectivity index (χ3v) is 2.57. The number of aromatic nitrogens is 3. The van der Waals surface area contributed by atoms with Crippen LogP contribution < -0.4 is 14.9 Å². The lowest BCUT2D eigenvalue weighted by Crippen LogP contribution is -2.35. The number of nitrogens with one attached hydrogen (secondary N) is 1. The summed E-state index contributed by atoms with van der Waals surface area (Å²) in [6.45, 7) is 1.99. The Bertz CT molecular complexity index is 345. The average molecular weight is 239 g/mol. The van der Waals surface area contributed by atoms with Gasteiger partial charge in [0.05, 0.1) is 14.2 Å². The van der Waals surface area contributed by atoms with Gasteiger partial charge in [-0.3, -0.25) is 5.43 Å². The zero-order valence-electron chi connectivity index (χ0n) is 10.1. The molecule has 0 saturated carbocycles. The Hall–Kier alpha value is -1.63. The number of rotatable bonds is 4. The van der Waals surface area contributed by atoms with E-state index < -0.39 is 0 Å². The summed E-state index contributed by atoms with van der Waals surface area (Å²) in [5, 5.41) is 2.09. The van der Waals surface area contributed by atoms with Gasteiger partial charge >= 0.3 is 12.0 Å². The maximum absolute atomic E-state index is 4.99. The number of hydrogen-bond acceptors (Lipinski definition) is 7. The molecule has 1 aromatic heterocycles. The van der Waals surface area contributed by atoms with Crippen LogP contribution in [0.2, 0.25) is 0 Å². The van der Waals surface area contributed by atoms with Crippen molar-refractivity contribution in [2.45, 2.75) is 19.3 Å². The molecule has 2 rings (SSSR count). The summed E-state index contributed by atoms with van der Waals surface area (Å²) in [6, 6.07) is 0.493. The van der Waals surface area contributed by atoms with Gasteiger partial charge < -0.3 is 9.47 Å². The van der Waals surface area contributed by atoms with Crippen molar-refractivity contribution in [3.05, 3.63) is 0 Å². The first-order valence-electron chi connectivity index (χ1n) is 5.67. The first-order valence-corrected chi connectivity index (χ1v) is 5.67. The van der Waals surface area contributed by atoms with Crippen LogP contribution in [0.3, 0.4) is 0 Å². The first kappa shape index (κ1) is 11.8. The predicted molar refractivity (Wildman–Crippen MR) is 62.0 cm³/mol. The molecule has 0 atom stereocenters. The summed E-state index contributed by atoms with van der Waals surface area (Å²) in [7, 11) is 3.03. The molecule has 0 aliphatic carbocycles. The molecule has 0 bridgehead atoms. The summed E-state index contributed by atoms with van der Waals surface area (Å²) in [5.41, 5.74) is 3.14. The molecular weight excluding hydrogens is 222 g/mol. The maximum Gasteiger partial charge on any atom is 0.324 e. The number of piperidine rings is 1. The number of hydrazine groups is 1. The fraction of sp³-hybridized carbons (Fsp3) is 0.700. The van der Waals surface area contributed by atoms with E-state index >= 15 is 0 Å². The number of nitrogens with zero attached hydrogens (tertiary/aromatic N) is 4. The molecule has 17 heavy (non-hydrogen) atoms. The van der Waals surface area contributed by atoms with Gasteiger partial charge in [0.1, 0.15) is 0 Å². The SMILES string of the molecule is COc1nc(NN2CCCCC2)nc(OC)n1. The summed E-state index contributed by atoms with van der Waals surface area (Å²) in [5.74, 6) is 0.454. The molecular formula is C10H17N5O2. The summed E-state index contributed by atoms with van der Waals surface area (Å²) < 4.78 is 9.97. The smallest absolute Gasteiger partial charge is 0.324 e. The van der Waals surface area contributed by atoms with Gasteiger partial charge in [-0.15, -0.1) is 4.98 Å². The van der Waals surface area contributed by atoms with Gasteiger partial charge in [0.25, 0.3) is 0 Å². The highest BCUT2D eigenvalue weighted by Gasteiger charge is 2.13. The Morgan fingerprint density at radius 3 is 2.06 bits per heavy atom. The zero-order valence-corrected chi connectivity index (χ0v) is 10.1. The number of anilines is 1. The van der Waals surface area contributed by atoms with Crippen molar-refractivity contribution in [1.82, 2.24) is 20.0 Å². The Kier molecular flexibility index (Phi) is 3.92. The quantitative estimate of drug-likeness (QED) is 0.829. The molecule has 1 aromatic rings. The van der Waals surface area contributed by atoms with Gasteiger partial charge in [-0.25, -0.2) is 5.01 Å². The van der Waals surface area contributed by atoms with Gasteiger partial charge in [-0.2, -0.15) is 9.97 Å². The fourth-order valence-corrected chi connectivity index (χ4v) is 1.72. The van der Waals surface area contributed by atoms with Crippen LogP contribution in [0.4, 0.5) is 5.95 Å². The van der Waals surface area contributed by atoms with Crippen molar-refractivity contribution in [2.24, 2.45) is 0 Å². The lowest BCUT2D eigenvalue weighted by molar-refractivity contribution is 0.268. The van der Waals surface area contributed by atoms with E-state index in [2.05, 4.69) is 25.4 Å². The lowest BCUT2D eigenvalue weighted by atomic mass is 10.2. The van der Waals surface area contributed by atoms with Crippen molar-refractivity contribution in [3.63, 3.8) is 0 Å². The van der Waals surface area contributed by atoms with Gasteiger partial charge in [-0.1, -0.05) is 6.42 Å². The van der Waals surface area contributed by atoms with Crippen LogP contribution in [0.5, 0.6) is 12.0 Å². The number of ether oxygens (including phenoxy) is 2.